The lowest BCUT2D eigenvalue weighted by Crippen LogP contribution is -2.49. The summed E-state index contributed by atoms with van der Waals surface area (Å²) in [5, 5.41) is 14.0. The van der Waals surface area contributed by atoms with E-state index >= 15 is 0 Å². The highest BCUT2D eigenvalue weighted by Gasteiger charge is 2.30. The minimum Gasteiger partial charge on any atom is -0.478 e. The Labute approximate surface area is 195 Å². The SMILES string of the molecule is O=C(O)c1ccccc1N1CCN(S(=O)(=O)c2cccc(Oc3ccc4oncc4c3)c2)CC1. The fourth-order valence-electron chi connectivity index (χ4n) is 4.00. The van der Waals surface area contributed by atoms with E-state index in [0.717, 1.165) is 5.39 Å². The van der Waals surface area contributed by atoms with Crippen LogP contribution in [0.3, 0.4) is 0 Å². The maximum Gasteiger partial charge on any atom is 0.337 e. The summed E-state index contributed by atoms with van der Waals surface area (Å²) in [4.78, 5) is 13.6. The average molecular weight is 480 g/mol. The number of hydrogen-bond donors (Lipinski definition) is 1. The number of hydrogen-bond acceptors (Lipinski definition) is 7. The van der Waals surface area contributed by atoms with Crippen molar-refractivity contribution in [1.82, 2.24) is 9.46 Å². The Morgan fingerprint density at radius 3 is 2.50 bits per heavy atom. The standard InChI is InChI=1S/C24H21N3O6S/c28-24(29)21-6-1-2-7-22(21)26-10-12-27(13-11-26)34(30,31)20-5-3-4-18(15-20)32-19-8-9-23-17(14-19)16-25-33-23/h1-9,14-16H,10-13H2,(H,28,29). The van der Waals surface area contributed by atoms with Gasteiger partial charge in [-0.3, -0.25) is 0 Å². The number of sulfonamides is 1. The molecule has 0 aliphatic carbocycles. The second kappa shape index (κ2) is 8.81. The monoisotopic (exact) mass is 479 g/mol. The van der Waals surface area contributed by atoms with Crippen molar-refractivity contribution in [2.24, 2.45) is 0 Å². The molecular weight excluding hydrogens is 458 g/mol. The van der Waals surface area contributed by atoms with Gasteiger partial charge in [-0.2, -0.15) is 4.31 Å². The molecule has 0 bridgehead atoms. The number of rotatable bonds is 6. The van der Waals surface area contributed by atoms with Gasteiger partial charge in [-0.05, 0) is 42.5 Å². The van der Waals surface area contributed by atoms with Gasteiger partial charge in [-0.25, -0.2) is 13.2 Å². The van der Waals surface area contributed by atoms with Gasteiger partial charge in [0.05, 0.1) is 22.3 Å². The predicted octanol–water partition coefficient (Wildman–Crippen LogP) is 3.83. The van der Waals surface area contributed by atoms with E-state index in [2.05, 4.69) is 5.16 Å². The molecule has 3 aromatic carbocycles. The summed E-state index contributed by atoms with van der Waals surface area (Å²) in [7, 11) is -3.75. The van der Waals surface area contributed by atoms with Crippen LogP contribution >= 0.6 is 0 Å². The second-order valence-corrected chi connectivity index (χ2v) is 9.75. The maximum absolute atomic E-state index is 13.3. The number of nitrogens with zero attached hydrogens (tertiary/aromatic N) is 3. The normalized spacial score (nSPS) is 14.9. The van der Waals surface area contributed by atoms with E-state index in [4.69, 9.17) is 9.26 Å². The zero-order valence-electron chi connectivity index (χ0n) is 18.0. The molecule has 1 fully saturated rings. The Balaban J connectivity index is 1.31. The third-order valence-corrected chi connectivity index (χ3v) is 7.61. The summed E-state index contributed by atoms with van der Waals surface area (Å²) < 4.78 is 38.9. The number of anilines is 1. The highest BCUT2D eigenvalue weighted by atomic mass is 32.2. The van der Waals surface area contributed by atoms with Crippen LogP contribution in [0.1, 0.15) is 10.4 Å². The zero-order valence-corrected chi connectivity index (χ0v) is 18.8. The number of piperazine rings is 1. The largest absolute Gasteiger partial charge is 0.478 e. The van der Waals surface area contributed by atoms with Crippen LogP contribution in [-0.4, -0.2) is 55.1 Å². The van der Waals surface area contributed by atoms with Crippen molar-refractivity contribution in [3.63, 3.8) is 0 Å². The molecule has 1 aliphatic heterocycles. The van der Waals surface area contributed by atoms with Gasteiger partial charge < -0.3 is 19.3 Å². The molecule has 0 atom stereocenters. The number of para-hydroxylation sites is 1. The Morgan fingerprint density at radius 2 is 1.71 bits per heavy atom. The minimum absolute atomic E-state index is 0.135. The minimum atomic E-state index is -3.75. The molecular formula is C24H21N3O6S. The lowest BCUT2D eigenvalue weighted by Gasteiger charge is -2.36. The Hall–Kier alpha value is -3.89. The van der Waals surface area contributed by atoms with Crippen molar-refractivity contribution in [3.05, 3.63) is 78.5 Å². The lowest BCUT2D eigenvalue weighted by atomic mass is 10.1. The highest BCUT2D eigenvalue weighted by molar-refractivity contribution is 7.89. The van der Waals surface area contributed by atoms with Crippen LogP contribution in [0.4, 0.5) is 5.69 Å². The van der Waals surface area contributed by atoms with E-state index in [0.29, 0.717) is 35.9 Å². The highest BCUT2D eigenvalue weighted by Crippen LogP contribution is 2.29. The number of aromatic nitrogens is 1. The number of fused-ring (bicyclic) bond motifs is 1. The summed E-state index contributed by atoms with van der Waals surface area (Å²) >= 11 is 0. The Bertz CT molecular complexity index is 1460. The number of carboxylic acids is 1. The summed E-state index contributed by atoms with van der Waals surface area (Å²) in [6, 6.07) is 18.3. The van der Waals surface area contributed by atoms with E-state index in [1.54, 1.807) is 60.8 Å². The van der Waals surface area contributed by atoms with Crippen molar-refractivity contribution in [2.45, 2.75) is 4.90 Å². The van der Waals surface area contributed by atoms with Crippen LogP contribution in [0.5, 0.6) is 11.5 Å². The number of aromatic carboxylic acids is 1. The smallest absolute Gasteiger partial charge is 0.337 e. The molecule has 1 aromatic heterocycles. The van der Waals surface area contributed by atoms with Gasteiger partial charge in [0, 0.05) is 37.6 Å². The number of carboxylic acid groups (broad SMARTS) is 1. The molecule has 10 heteroatoms. The molecule has 4 aromatic rings. The van der Waals surface area contributed by atoms with Crippen LogP contribution in [0, 0.1) is 0 Å². The van der Waals surface area contributed by atoms with E-state index < -0.39 is 16.0 Å². The van der Waals surface area contributed by atoms with Crippen LogP contribution < -0.4 is 9.64 Å². The summed E-state index contributed by atoms with van der Waals surface area (Å²) in [6.07, 6.45) is 1.58. The molecule has 174 valence electrons. The molecule has 0 saturated carbocycles. The van der Waals surface area contributed by atoms with Gasteiger partial charge >= 0.3 is 5.97 Å². The van der Waals surface area contributed by atoms with Crippen molar-refractivity contribution in [3.8, 4) is 11.5 Å². The van der Waals surface area contributed by atoms with Gasteiger partial charge in [-0.1, -0.05) is 23.4 Å². The van der Waals surface area contributed by atoms with Crippen LogP contribution in [0.15, 0.2) is 82.3 Å². The second-order valence-electron chi connectivity index (χ2n) is 7.82. The first-order chi connectivity index (χ1) is 16.4. The van der Waals surface area contributed by atoms with Crippen molar-refractivity contribution >= 4 is 32.6 Å². The van der Waals surface area contributed by atoms with Gasteiger partial charge in [-0.15, -0.1) is 0 Å². The van der Waals surface area contributed by atoms with Crippen LogP contribution in [0.25, 0.3) is 11.0 Å². The average Bonchev–Trinajstić information content (AvgIpc) is 3.32. The van der Waals surface area contributed by atoms with Crippen molar-refractivity contribution < 1.29 is 27.6 Å². The molecule has 0 radical (unpaired) electrons. The van der Waals surface area contributed by atoms with Crippen LogP contribution in [-0.2, 0) is 10.0 Å². The molecule has 34 heavy (non-hydrogen) atoms. The molecule has 1 N–H and O–H groups in total. The van der Waals surface area contributed by atoms with Gasteiger partial charge in [0.15, 0.2) is 5.58 Å². The van der Waals surface area contributed by atoms with E-state index in [1.165, 1.54) is 16.4 Å². The first-order valence-corrected chi connectivity index (χ1v) is 12.1. The van der Waals surface area contributed by atoms with Gasteiger partial charge in [0.2, 0.25) is 10.0 Å². The Morgan fingerprint density at radius 1 is 0.941 bits per heavy atom. The lowest BCUT2D eigenvalue weighted by molar-refractivity contribution is 0.0697. The van der Waals surface area contributed by atoms with Gasteiger partial charge in [0.1, 0.15) is 11.5 Å². The van der Waals surface area contributed by atoms with Gasteiger partial charge in [0.25, 0.3) is 0 Å². The molecule has 0 unspecified atom stereocenters. The molecule has 0 spiro atoms. The van der Waals surface area contributed by atoms with E-state index in [-0.39, 0.29) is 23.5 Å². The van der Waals surface area contributed by atoms with E-state index in [1.807, 2.05) is 4.90 Å². The third-order valence-electron chi connectivity index (χ3n) is 5.72. The number of ether oxygens (including phenoxy) is 1. The van der Waals surface area contributed by atoms with Crippen molar-refractivity contribution in [2.75, 3.05) is 31.1 Å². The quantitative estimate of drug-likeness (QED) is 0.444. The molecule has 9 nitrogen and oxygen atoms in total. The zero-order chi connectivity index (χ0) is 23.7. The summed E-state index contributed by atoms with van der Waals surface area (Å²) in [6.45, 7) is 1.26. The first-order valence-electron chi connectivity index (χ1n) is 10.6. The Kier molecular flexibility index (Phi) is 5.68. The summed E-state index contributed by atoms with van der Waals surface area (Å²) in [5.41, 5.74) is 1.43. The third kappa shape index (κ3) is 4.20. The fraction of sp³-hybridized carbons (Fsp3) is 0.167. The molecule has 1 aliphatic rings. The van der Waals surface area contributed by atoms with Crippen LogP contribution in [0.2, 0.25) is 0 Å². The molecule has 2 heterocycles. The number of benzene rings is 3. The fourth-order valence-corrected chi connectivity index (χ4v) is 5.45. The predicted molar refractivity (Wildman–Crippen MR) is 125 cm³/mol. The topological polar surface area (TPSA) is 113 Å². The maximum atomic E-state index is 13.3. The first kappa shape index (κ1) is 21.9. The van der Waals surface area contributed by atoms with E-state index in [9.17, 15) is 18.3 Å². The molecule has 1 saturated heterocycles. The molecule has 5 rings (SSSR count). The summed E-state index contributed by atoms with van der Waals surface area (Å²) in [5.74, 6) is -0.0764. The van der Waals surface area contributed by atoms with Crippen molar-refractivity contribution in [1.29, 1.82) is 0 Å². The molecule has 0 amide bonds. The number of carbonyl (C=O) groups is 1.